The number of amides is 1. The standard InChI is InChI=1S/C15H15IN2O4S/c1-9-7-12(23(17,20)21)8-13(10(9)2)18-15(19)6-4-11-3-5-14(16)22-11/h3-8H,1-2H3,(H,18,19)(H2,17,20,21)/b6-4+. The maximum absolute atomic E-state index is 12.0. The van der Waals surface area contributed by atoms with Crippen LogP contribution in [0.15, 0.2) is 39.7 Å². The smallest absolute Gasteiger partial charge is 0.248 e. The third kappa shape index (κ3) is 4.66. The zero-order chi connectivity index (χ0) is 17.2. The first-order chi connectivity index (χ1) is 10.7. The molecule has 0 spiro atoms. The second-order valence-corrected chi connectivity index (χ2v) is 7.55. The van der Waals surface area contributed by atoms with Gasteiger partial charge in [0.1, 0.15) is 5.76 Å². The van der Waals surface area contributed by atoms with Crippen molar-refractivity contribution in [3.05, 3.63) is 51.0 Å². The highest BCUT2D eigenvalue weighted by atomic mass is 127. The Morgan fingerprint density at radius 3 is 2.57 bits per heavy atom. The Morgan fingerprint density at radius 1 is 1.30 bits per heavy atom. The fourth-order valence-electron chi connectivity index (χ4n) is 1.87. The fourth-order valence-corrected chi connectivity index (χ4v) is 2.93. The Morgan fingerprint density at radius 2 is 2.00 bits per heavy atom. The molecule has 0 aliphatic heterocycles. The molecule has 0 radical (unpaired) electrons. The van der Waals surface area contributed by atoms with E-state index in [4.69, 9.17) is 9.56 Å². The van der Waals surface area contributed by atoms with Crippen molar-refractivity contribution in [3.63, 3.8) is 0 Å². The van der Waals surface area contributed by atoms with E-state index < -0.39 is 15.9 Å². The average Bonchev–Trinajstić information content (AvgIpc) is 2.86. The monoisotopic (exact) mass is 446 g/mol. The van der Waals surface area contributed by atoms with Gasteiger partial charge in [-0.1, -0.05) is 0 Å². The van der Waals surface area contributed by atoms with Crippen LogP contribution in [-0.4, -0.2) is 14.3 Å². The predicted octanol–water partition coefficient (Wildman–Crippen LogP) is 2.80. The first-order valence-electron chi connectivity index (χ1n) is 6.55. The number of hydrogen-bond donors (Lipinski definition) is 2. The Bertz CT molecular complexity index is 885. The van der Waals surface area contributed by atoms with Gasteiger partial charge in [0, 0.05) is 11.8 Å². The van der Waals surface area contributed by atoms with Crippen LogP contribution in [0.25, 0.3) is 6.08 Å². The van der Waals surface area contributed by atoms with E-state index in [1.165, 1.54) is 24.3 Å². The second kappa shape index (κ2) is 6.85. The van der Waals surface area contributed by atoms with E-state index in [0.717, 1.165) is 14.9 Å². The SMILES string of the molecule is Cc1cc(S(N)(=O)=O)cc(NC(=O)/C=C/c2ccc(I)o2)c1C. The van der Waals surface area contributed by atoms with E-state index in [-0.39, 0.29) is 4.90 Å². The molecule has 3 N–H and O–H groups in total. The van der Waals surface area contributed by atoms with Crippen LogP contribution in [0.5, 0.6) is 0 Å². The summed E-state index contributed by atoms with van der Waals surface area (Å²) in [5, 5.41) is 7.80. The van der Waals surface area contributed by atoms with Crippen LogP contribution >= 0.6 is 22.6 Å². The molecule has 0 saturated heterocycles. The zero-order valence-electron chi connectivity index (χ0n) is 12.5. The summed E-state index contributed by atoms with van der Waals surface area (Å²) in [6.07, 6.45) is 2.84. The lowest BCUT2D eigenvalue weighted by Crippen LogP contribution is -2.15. The number of furan rings is 1. The highest BCUT2D eigenvalue weighted by Crippen LogP contribution is 2.23. The van der Waals surface area contributed by atoms with Crippen LogP contribution in [0.4, 0.5) is 5.69 Å². The van der Waals surface area contributed by atoms with Crippen LogP contribution < -0.4 is 10.5 Å². The van der Waals surface area contributed by atoms with Gasteiger partial charge in [0.2, 0.25) is 15.9 Å². The Labute approximate surface area is 147 Å². The van der Waals surface area contributed by atoms with Gasteiger partial charge in [0.05, 0.1) is 4.90 Å². The van der Waals surface area contributed by atoms with Gasteiger partial charge in [-0.2, -0.15) is 0 Å². The first-order valence-corrected chi connectivity index (χ1v) is 9.18. The van der Waals surface area contributed by atoms with Crippen molar-refractivity contribution in [2.24, 2.45) is 5.14 Å². The summed E-state index contributed by atoms with van der Waals surface area (Å²) in [6.45, 7) is 3.54. The molecule has 1 heterocycles. The van der Waals surface area contributed by atoms with Crippen molar-refractivity contribution in [2.45, 2.75) is 18.7 Å². The zero-order valence-corrected chi connectivity index (χ0v) is 15.4. The number of benzene rings is 1. The molecule has 1 amide bonds. The molecule has 1 aromatic heterocycles. The van der Waals surface area contributed by atoms with Gasteiger partial charge in [-0.05, 0) is 77.9 Å². The third-order valence-electron chi connectivity index (χ3n) is 3.22. The van der Waals surface area contributed by atoms with E-state index in [0.29, 0.717) is 11.4 Å². The van der Waals surface area contributed by atoms with Crippen molar-refractivity contribution < 1.29 is 17.6 Å². The number of carbonyl (C=O) groups is 1. The van der Waals surface area contributed by atoms with Crippen molar-refractivity contribution in [1.82, 2.24) is 0 Å². The second-order valence-electron chi connectivity index (χ2n) is 4.92. The number of sulfonamides is 1. The Hall–Kier alpha value is -1.65. The summed E-state index contributed by atoms with van der Waals surface area (Å²) in [7, 11) is -3.84. The number of halogens is 1. The van der Waals surface area contributed by atoms with Gasteiger partial charge in [0.15, 0.2) is 3.77 Å². The highest BCUT2D eigenvalue weighted by molar-refractivity contribution is 14.1. The molecule has 0 fully saturated rings. The molecule has 0 bridgehead atoms. The minimum Gasteiger partial charge on any atom is -0.451 e. The normalized spacial score (nSPS) is 11.8. The highest BCUT2D eigenvalue weighted by Gasteiger charge is 2.13. The fraction of sp³-hybridized carbons (Fsp3) is 0.133. The summed E-state index contributed by atoms with van der Waals surface area (Å²) in [5.74, 6) is 0.154. The number of anilines is 1. The lowest BCUT2D eigenvalue weighted by molar-refractivity contribution is -0.111. The van der Waals surface area contributed by atoms with Crippen molar-refractivity contribution in [2.75, 3.05) is 5.32 Å². The lowest BCUT2D eigenvalue weighted by atomic mass is 10.1. The van der Waals surface area contributed by atoms with Crippen LogP contribution in [0.1, 0.15) is 16.9 Å². The van der Waals surface area contributed by atoms with Crippen LogP contribution in [0.2, 0.25) is 0 Å². The van der Waals surface area contributed by atoms with E-state index in [9.17, 15) is 13.2 Å². The summed E-state index contributed by atoms with van der Waals surface area (Å²) < 4.78 is 29.0. The molecule has 1 aromatic carbocycles. The molecule has 0 saturated carbocycles. The molecule has 0 unspecified atom stereocenters. The van der Waals surface area contributed by atoms with Crippen LogP contribution in [0.3, 0.4) is 0 Å². The molecular weight excluding hydrogens is 431 g/mol. The number of hydrogen-bond acceptors (Lipinski definition) is 4. The summed E-state index contributed by atoms with van der Waals surface area (Å²) >= 11 is 2.03. The van der Waals surface area contributed by atoms with Gasteiger partial charge < -0.3 is 9.73 Å². The molecule has 6 nitrogen and oxygen atoms in total. The molecule has 0 aliphatic carbocycles. The largest absolute Gasteiger partial charge is 0.451 e. The predicted molar refractivity (Wildman–Crippen MR) is 96.4 cm³/mol. The summed E-state index contributed by atoms with van der Waals surface area (Å²) in [5.41, 5.74) is 1.89. The molecule has 8 heteroatoms. The van der Waals surface area contributed by atoms with Crippen molar-refractivity contribution in [3.8, 4) is 0 Å². The Balaban J connectivity index is 2.23. The first kappa shape index (κ1) is 17.7. The van der Waals surface area contributed by atoms with Gasteiger partial charge in [-0.25, -0.2) is 13.6 Å². The van der Waals surface area contributed by atoms with E-state index >= 15 is 0 Å². The van der Waals surface area contributed by atoms with Gasteiger partial charge in [0.25, 0.3) is 0 Å². The molecular formula is C15H15IN2O4S. The molecule has 0 atom stereocenters. The Kier molecular flexibility index (Phi) is 5.27. The maximum atomic E-state index is 12.0. The van der Waals surface area contributed by atoms with E-state index in [2.05, 4.69) is 5.32 Å². The molecule has 23 heavy (non-hydrogen) atoms. The molecule has 2 aromatic rings. The number of nitrogens with one attached hydrogen (secondary N) is 1. The minimum atomic E-state index is -3.84. The number of aryl methyl sites for hydroxylation is 1. The van der Waals surface area contributed by atoms with Crippen LogP contribution in [0, 0.1) is 17.6 Å². The van der Waals surface area contributed by atoms with Crippen molar-refractivity contribution >= 4 is 50.3 Å². The number of rotatable bonds is 4. The summed E-state index contributed by atoms with van der Waals surface area (Å²) in [6, 6.07) is 6.34. The number of nitrogens with two attached hydrogens (primary N) is 1. The summed E-state index contributed by atoms with van der Waals surface area (Å²) in [4.78, 5) is 12.0. The van der Waals surface area contributed by atoms with Gasteiger partial charge >= 0.3 is 0 Å². The van der Waals surface area contributed by atoms with Gasteiger partial charge in [-0.15, -0.1) is 0 Å². The molecule has 2 rings (SSSR count). The van der Waals surface area contributed by atoms with E-state index in [1.54, 1.807) is 26.0 Å². The van der Waals surface area contributed by atoms with Crippen LogP contribution in [-0.2, 0) is 14.8 Å². The third-order valence-corrected chi connectivity index (χ3v) is 4.69. The average molecular weight is 446 g/mol. The quantitative estimate of drug-likeness (QED) is 0.557. The van der Waals surface area contributed by atoms with Crippen molar-refractivity contribution in [1.29, 1.82) is 0 Å². The topological polar surface area (TPSA) is 102 Å². The molecule has 0 aliphatic rings. The minimum absolute atomic E-state index is 0.0412. The van der Waals surface area contributed by atoms with E-state index in [1.807, 2.05) is 22.6 Å². The maximum Gasteiger partial charge on any atom is 0.248 e. The lowest BCUT2D eigenvalue weighted by Gasteiger charge is -2.11. The molecule has 122 valence electrons. The van der Waals surface area contributed by atoms with Gasteiger partial charge in [-0.3, -0.25) is 4.79 Å². The number of carbonyl (C=O) groups excluding carboxylic acids is 1. The number of primary sulfonamides is 1.